The molecule has 0 fully saturated rings. The largest absolute Gasteiger partial charge is 0.466 e. The second-order valence-corrected chi connectivity index (χ2v) is 0.925. The Balaban J connectivity index is -0.0000000000258. The molecule has 828 valence electrons. The van der Waals surface area contributed by atoms with Gasteiger partial charge in [-0.15, -0.1) is 0 Å². The topological polar surface area (TPSA) is 3140 Å². The Morgan fingerprint density at radius 3 is 0.143 bits per heavy atom. The van der Waals surface area contributed by atoms with E-state index in [9.17, 15) is 4.79 Å². The summed E-state index contributed by atoms with van der Waals surface area (Å²) in [6, 6.07) is 0. The molecule has 0 saturated heterocycles. The summed E-state index contributed by atoms with van der Waals surface area (Å²) >= 11 is 0. The van der Waals surface area contributed by atoms with Crippen molar-refractivity contribution in [1.29, 1.82) is 0 Å². The van der Waals surface area contributed by atoms with Crippen LogP contribution >= 0.6 is 0 Å². The van der Waals surface area contributed by atoms with E-state index >= 15 is 0 Å². The van der Waals surface area contributed by atoms with E-state index in [1.165, 1.54) is 6.92 Å². The summed E-state index contributed by atoms with van der Waals surface area (Å²) in [5.41, 5.74) is 0. The number of rotatable bonds is 1. The van der Waals surface area contributed by atoms with E-state index in [1.54, 1.807) is 6.92 Å². The Morgan fingerprint density at radius 2 is 0.143 bits per heavy atom. The van der Waals surface area contributed by atoms with E-state index in [0.717, 1.165) is 0 Å². The first-order valence-electron chi connectivity index (χ1n) is 1.90. The molecular formula is C4H206O101. The van der Waals surface area contributed by atoms with Crippen LogP contribution in [0.3, 0.4) is 0 Å². The Morgan fingerprint density at radius 1 is 0.114 bits per heavy atom. The summed E-state index contributed by atoms with van der Waals surface area (Å²) in [6.07, 6.45) is 0. The maximum Gasteiger partial charge on any atom is 0.302 e. The number of hydrogen-bond acceptors (Lipinski definition) is 2. The highest BCUT2D eigenvalue weighted by Crippen LogP contribution is 1.69. The average Bonchev–Trinajstić information content (AvgIpc) is 1.35. The first-order valence-corrected chi connectivity index (χ1v) is 1.90. The minimum Gasteiger partial charge on any atom is -0.466 e. The molecule has 0 radical (unpaired) electrons. The molecule has 0 aliphatic heterocycles. The third kappa shape index (κ3) is 426000. The Kier molecular flexibility index (Phi) is 135000000000. The lowest BCUT2D eigenvalue weighted by Crippen LogP contribution is -1.95. The van der Waals surface area contributed by atoms with Crippen LogP contribution < -0.4 is 0 Å². The maximum atomic E-state index is 9.82. The highest BCUT2D eigenvalue weighted by Gasteiger charge is 1.81. The van der Waals surface area contributed by atoms with Crippen molar-refractivity contribution in [2.24, 2.45) is 0 Å². The standard InChI is InChI=1S/C4H8O2.99H2O/c1-3-6-4(2)5;;;;;;;;;;;;;;;;;;;;;;;;;;;;;;;;;;;;;;;;;;;;;;;;;;;;;;;;;;;;;;;;;;;;;;;;;;;;;;;;;;;;;;;;;;;;;;;;;;;/h3H2,1-2H3;99*1H2. The zero-order valence-corrected chi connectivity index (χ0v) is 53.5. The van der Waals surface area contributed by atoms with Gasteiger partial charge in [0.15, 0.2) is 0 Å². The summed E-state index contributed by atoms with van der Waals surface area (Å²) in [4.78, 5) is 9.82. The van der Waals surface area contributed by atoms with E-state index in [-0.39, 0.29) is 548 Å². The summed E-state index contributed by atoms with van der Waals surface area (Å²) in [7, 11) is 0. The normalized spacial score (nSPS) is 0.438. The van der Waals surface area contributed by atoms with E-state index in [0.29, 0.717) is 6.61 Å². The fraction of sp³-hybridized carbons (Fsp3) is 0.750. The Bertz CT molecular complexity index is 68.5. The van der Waals surface area contributed by atoms with Crippen molar-refractivity contribution in [3.63, 3.8) is 0 Å². The summed E-state index contributed by atoms with van der Waals surface area (Å²) < 4.78 is 4.40. The minimum atomic E-state index is -0.211. The molecule has 0 rings (SSSR count). The molecule has 198 N–H and O–H groups in total. The molecule has 0 aliphatic carbocycles. The molecule has 0 unspecified atom stereocenters. The van der Waals surface area contributed by atoms with Crippen LogP contribution in [-0.4, -0.2) is 555 Å². The van der Waals surface area contributed by atoms with Gasteiger partial charge < -0.3 is 547 Å². The van der Waals surface area contributed by atoms with Crippen LogP contribution in [0.5, 0.6) is 0 Å². The Hall–Kier alpha value is -4.49. The highest BCUT2D eigenvalue weighted by molar-refractivity contribution is 5.65. The molecule has 101 heteroatoms. The third-order valence-corrected chi connectivity index (χ3v) is 0.348. The fourth-order valence-electron chi connectivity index (χ4n) is 0.203. The fourth-order valence-corrected chi connectivity index (χ4v) is 0.203. The monoisotopic (exact) mass is 1870 g/mol. The summed E-state index contributed by atoms with van der Waals surface area (Å²) in [6.45, 7) is 3.65. The predicted molar refractivity (Wildman–Crippen MR) is 380 cm³/mol. The molecule has 105 heavy (non-hydrogen) atoms. The lowest BCUT2D eigenvalue weighted by atomic mass is 10.8. The SMILES string of the molecule is CCOC(C)=O.O.O.O.O.O.O.O.O.O.O.O.O.O.O.O.O.O.O.O.O.O.O.O.O.O.O.O.O.O.O.O.O.O.O.O.O.O.O.O.O.O.O.O.O.O.O.O.O.O.O.O.O.O.O.O.O.O.O.O.O.O.O.O.O.O.O.O.O.O.O.O.O.O.O.O.O.O.O.O.O.O.O.O.O.O.O.O.O.O.O.O.O.O.O.O.O.O.O.O. The van der Waals surface area contributed by atoms with Crippen molar-refractivity contribution >= 4 is 5.97 Å². The van der Waals surface area contributed by atoms with Gasteiger partial charge in [0.25, 0.3) is 0 Å². The van der Waals surface area contributed by atoms with Crippen molar-refractivity contribution in [3.8, 4) is 0 Å². The molecule has 0 atom stereocenters. The number of carbonyl (C=O) groups is 1. The van der Waals surface area contributed by atoms with E-state index < -0.39 is 0 Å². The summed E-state index contributed by atoms with van der Waals surface area (Å²) in [5.74, 6) is -0.211. The smallest absolute Gasteiger partial charge is 0.302 e. The molecule has 0 spiro atoms. The quantitative estimate of drug-likeness (QED) is 0.231. The molecule has 0 saturated carbocycles. The van der Waals surface area contributed by atoms with Gasteiger partial charge in [-0.05, 0) is 6.92 Å². The number of ether oxygens (including phenoxy) is 1. The lowest BCUT2D eigenvalue weighted by Gasteiger charge is -1.89. The van der Waals surface area contributed by atoms with Crippen LogP contribution in [0, 0.1) is 0 Å². The molecule has 0 bridgehead atoms. The van der Waals surface area contributed by atoms with E-state index in [4.69, 9.17) is 0 Å². The van der Waals surface area contributed by atoms with Crippen LogP contribution in [0.2, 0.25) is 0 Å². The molecule has 0 aliphatic rings. The van der Waals surface area contributed by atoms with E-state index in [2.05, 4.69) is 4.74 Å². The van der Waals surface area contributed by atoms with Crippen molar-refractivity contribution in [2.45, 2.75) is 13.8 Å². The first-order chi connectivity index (χ1) is 2.77. The number of esters is 1. The number of hydrogen-bond donors (Lipinski definition) is 0. The molecule has 0 aromatic heterocycles. The minimum absolute atomic E-state index is 0. The zero-order valence-electron chi connectivity index (χ0n) is 53.5. The molecule has 101 nitrogen and oxygen atoms in total. The molecule has 0 aromatic carbocycles. The van der Waals surface area contributed by atoms with Gasteiger partial charge in [-0.3, -0.25) is 4.79 Å². The Labute approximate surface area is 580 Å². The van der Waals surface area contributed by atoms with Crippen LogP contribution in [0.15, 0.2) is 0 Å². The third-order valence-electron chi connectivity index (χ3n) is 0.348. The maximum absolute atomic E-state index is 9.82. The van der Waals surface area contributed by atoms with E-state index in [1.807, 2.05) is 0 Å². The van der Waals surface area contributed by atoms with Crippen LogP contribution in [0.1, 0.15) is 13.8 Å². The van der Waals surface area contributed by atoms with Gasteiger partial charge in [0.1, 0.15) is 0 Å². The lowest BCUT2D eigenvalue weighted by molar-refractivity contribution is -0.140. The highest BCUT2D eigenvalue weighted by atomic mass is 16.5. The molecule has 0 amide bonds. The van der Waals surface area contributed by atoms with Gasteiger partial charge in [-0.25, -0.2) is 0 Å². The van der Waals surface area contributed by atoms with Crippen molar-refractivity contribution in [3.05, 3.63) is 0 Å². The predicted octanol–water partition coefficient (Wildman–Crippen LogP) is -81.1. The van der Waals surface area contributed by atoms with Gasteiger partial charge in [0, 0.05) is 6.92 Å². The molecular weight excluding hydrogens is 1660 g/mol. The van der Waals surface area contributed by atoms with Gasteiger partial charge in [0.05, 0.1) is 6.61 Å². The number of carbonyl (C=O) groups excluding carboxylic acids is 1. The van der Waals surface area contributed by atoms with Gasteiger partial charge >= 0.3 is 5.97 Å². The van der Waals surface area contributed by atoms with Gasteiger partial charge in [-0.2, -0.15) is 0 Å². The van der Waals surface area contributed by atoms with Crippen LogP contribution in [0.4, 0.5) is 0 Å². The van der Waals surface area contributed by atoms with Crippen molar-refractivity contribution in [2.75, 3.05) is 6.61 Å². The van der Waals surface area contributed by atoms with Crippen LogP contribution in [-0.2, 0) is 9.53 Å². The average molecular weight is 1870 g/mol. The van der Waals surface area contributed by atoms with Crippen molar-refractivity contribution < 1.29 is 552 Å². The van der Waals surface area contributed by atoms with Gasteiger partial charge in [0.2, 0.25) is 0 Å². The second kappa shape index (κ2) is 3710000. The van der Waals surface area contributed by atoms with Crippen molar-refractivity contribution in [1.82, 2.24) is 0 Å². The first kappa shape index (κ1) is 3830000. The molecule has 0 aromatic rings. The summed E-state index contributed by atoms with van der Waals surface area (Å²) in [5, 5.41) is 0. The van der Waals surface area contributed by atoms with Crippen LogP contribution in [0.25, 0.3) is 0 Å². The molecule has 0 heterocycles. The zero-order chi connectivity index (χ0) is 4.99. The van der Waals surface area contributed by atoms with Gasteiger partial charge in [-0.1, -0.05) is 0 Å². The second-order valence-electron chi connectivity index (χ2n) is 0.925.